The van der Waals surface area contributed by atoms with Gasteiger partial charge in [0.05, 0.1) is 23.7 Å². The van der Waals surface area contributed by atoms with E-state index in [4.69, 9.17) is 4.74 Å². The molecule has 5 heteroatoms. The average molecular weight is 272 g/mol. The summed E-state index contributed by atoms with van der Waals surface area (Å²) in [5, 5.41) is 10.0. The van der Waals surface area contributed by atoms with Crippen LogP contribution in [0.25, 0.3) is 10.9 Å². The SMILES string of the molecule is CN(c1cc(C(=O)O)c2ccccc2n1)C1CCOC1. The van der Waals surface area contributed by atoms with Crippen molar-refractivity contribution in [3.05, 3.63) is 35.9 Å². The first-order valence-electron chi connectivity index (χ1n) is 6.60. The molecule has 0 radical (unpaired) electrons. The molecule has 104 valence electrons. The van der Waals surface area contributed by atoms with Gasteiger partial charge in [-0.1, -0.05) is 18.2 Å². The molecule has 0 aliphatic carbocycles. The molecule has 0 spiro atoms. The van der Waals surface area contributed by atoms with E-state index in [-0.39, 0.29) is 11.6 Å². The van der Waals surface area contributed by atoms with E-state index >= 15 is 0 Å². The molecule has 3 rings (SSSR count). The van der Waals surface area contributed by atoms with E-state index in [0.717, 1.165) is 13.0 Å². The number of carboxylic acids is 1. The zero-order chi connectivity index (χ0) is 14.1. The topological polar surface area (TPSA) is 62.7 Å². The number of anilines is 1. The van der Waals surface area contributed by atoms with Gasteiger partial charge < -0.3 is 14.7 Å². The number of hydrogen-bond donors (Lipinski definition) is 1. The Hall–Kier alpha value is -2.14. The predicted molar refractivity (Wildman–Crippen MR) is 76.3 cm³/mol. The smallest absolute Gasteiger partial charge is 0.336 e. The monoisotopic (exact) mass is 272 g/mol. The largest absolute Gasteiger partial charge is 0.478 e. The number of rotatable bonds is 3. The molecule has 0 amide bonds. The summed E-state index contributed by atoms with van der Waals surface area (Å²) < 4.78 is 5.38. The molecule has 1 fully saturated rings. The number of nitrogens with zero attached hydrogens (tertiary/aromatic N) is 2. The number of ether oxygens (including phenoxy) is 1. The number of pyridine rings is 1. The number of aromatic carboxylic acids is 1. The van der Waals surface area contributed by atoms with E-state index in [1.807, 2.05) is 30.1 Å². The molecule has 1 saturated heterocycles. The summed E-state index contributed by atoms with van der Waals surface area (Å²) in [5.74, 6) is -0.252. The van der Waals surface area contributed by atoms with E-state index in [1.165, 1.54) is 0 Å². The standard InChI is InChI=1S/C15H16N2O3/c1-17(10-6-7-20-9-10)14-8-12(15(18)19)11-4-2-3-5-13(11)16-14/h2-5,8,10H,6-7,9H2,1H3,(H,18,19). The van der Waals surface area contributed by atoms with Crippen LogP contribution in [-0.4, -0.2) is 42.4 Å². The third kappa shape index (κ3) is 2.20. The third-order valence-corrected chi connectivity index (χ3v) is 3.75. The molecule has 1 aliphatic rings. The van der Waals surface area contributed by atoms with Gasteiger partial charge in [-0.25, -0.2) is 9.78 Å². The summed E-state index contributed by atoms with van der Waals surface area (Å²) in [4.78, 5) is 18.0. The normalized spacial score (nSPS) is 18.4. The number of para-hydroxylation sites is 1. The van der Waals surface area contributed by atoms with Crippen LogP contribution in [0.2, 0.25) is 0 Å². The maximum atomic E-state index is 11.4. The van der Waals surface area contributed by atoms with Crippen molar-refractivity contribution in [2.24, 2.45) is 0 Å². The Kier molecular flexibility index (Phi) is 3.28. The Bertz CT molecular complexity index is 651. The molecular formula is C15H16N2O3. The number of carbonyl (C=O) groups is 1. The molecule has 0 saturated carbocycles. The van der Waals surface area contributed by atoms with Gasteiger partial charge in [0.2, 0.25) is 0 Å². The maximum absolute atomic E-state index is 11.4. The average Bonchev–Trinajstić information content (AvgIpc) is 2.99. The second-order valence-electron chi connectivity index (χ2n) is 4.98. The highest BCUT2D eigenvalue weighted by atomic mass is 16.5. The Balaban J connectivity index is 2.09. The minimum absolute atomic E-state index is 0.255. The molecule has 20 heavy (non-hydrogen) atoms. The van der Waals surface area contributed by atoms with E-state index in [9.17, 15) is 9.90 Å². The lowest BCUT2D eigenvalue weighted by atomic mass is 10.1. The number of benzene rings is 1. The highest BCUT2D eigenvalue weighted by Gasteiger charge is 2.23. The van der Waals surface area contributed by atoms with E-state index in [1.54, 1.807) is 12.1 Å². The zero-order valence-corrected chi connectivity index (χ0v) is 11.2. The lowest BCUT2D eigenvalue weighted by Crippen LogP contribution is -2.32. The summed E-state index contributed by atoms with van der Waals surface area (Å²) in [5.41, 5.74) is 0.990. The van der Waals surface area contributed by atoms with Gasteiger partial charge in [0.1, 0.15) is 5.82 Å². The highest BCUT2D eigenvalue weighted by molar-refractivity contribution is 6.03. The number of carboxylic acid groups (broad SMARTS) is 1. The molecule has 5 nitrogen and oxygen atoms in total. The van der Waals surface area contributed by atoms with E-state index in [2.05, 4.69) is 4.98 Å². The molecule has 1 atom stereocenters. The van der Waals surface area contributed by atoms with Crippen LogP contribution in [0.3, 0.4) is 0 Å². The summed E-state index contributed by atoms with van der Waals surface area (Å²) in [6, 6.07) is 9.21. The number of hydrogen-bond acceptors (Lipinski definition) is 4. The van der Waals surface area contributed by atoms with Gasteiger partial charge in [0.15, 0.2) is 0 Å². The van der Waals surface area contributed by atoms with Gasteiger partial charge in [0, 0.05) is 19.0 Å². The van der Waals surface area contributed by atoms with Crippen LogP contribution in [0.15, 0.2) is 30.3 Å². The number of fused-ring (bicyclic) bond motifs is 1. The van der Waals surface area contributed by atoms with Gasteiger partial charge in [-0.05, 0) is 18.6 Å². The minimum atomic E-state index is -0.930. The molecule has 1 unspecified atom stereocenters. The van der Waals surface area contributed by atoms with Crippen LogP contribution in [-0.2, 0) is 4.74 Å². The summed E-state index contributed by atoms with van der Waals surface area (Å²) in [7, 11) is 1.93. The van der Waals surface area contributed by atoms with Crippen molar-refractivity contribution >= 4 is 22.7 Å². The van der Waals surface area contributed by atoms with E-state index in [0.29, 0.717) is 23.3 Å². The molecule has 1 aromatic heterocycles. The van der Waals surface area contributed by atoms with Gasteiger partial charge in [-0.2, -0.15) is 0 Å². The number of aromatic nitrogens is 1. The second kappa shape index (κ2) is 5.09. The van der Waals surface area contributed by atoms with Crippen molar-refractivity contribution in [1.82, 2.24) is 4.98 Å². The summed E-state index contributed by atoms with van der Waals surface area (Å²) >= 11 is 0. The summed E-state index contributed by atoms with van der Waals surface area (Å²) in [6.45, 7) is 1.40. The minimum Gasteiger partial charge on any atom is -0.478 e. The molecule has 0 bridgehead atoms. The predicted octanol–water partition coefficient (Wildman–Crippen LogP) is 2.16. The first-order valence-corrected chi connectivity index (χ1v) is 6.60. The Labute approximate surface area is 116 Å². The van der Waals surface area contributed by atoms with Crippen molar-refractivity contribution in [1.29, 1.82) is 0 Å². The molecule has 2 aromatic rings. The Morgan fingerprint density at radius 2 is 2.25 bits per heavy atom. The van der Waals surface area contributed by atoms with Gasteiger partial charge >= 0.3 is 5.97 Å². The zero-order valence-electron chi connectivity index (χ0n) is 11.2. The highest BCUT2D eigenvalue weighted by Crippen LogP contribution is 2.25. The molecule has 1 aromatic carbocycles. The van der Waals surface area contributed by atoms with Crippen LogP contribution in [0.1, 0.15) is 16.8 Å². The van der Waals surface area contributed by atoms with Gasteiger partial charge in [-0.15, -0.1) is 0 Å². The quantitative estimate of drug-likeness (QED) is 0.927. The fraction of sp³-hybridized carbons (Fsp3) is 0.333. The van der Waals surface area contributed by atoms with Gasteiger partial charge in [-0.3, -0.25) is 0 Å². The van der Waals surface area contributed by atoms with Crippen LogP contribution >= 0.6 is 0 Å². The van der Waals surface area contributed by atoms with Crippen molar-refractivity contribution in [3.63, 3.8) is 0 Å². The molecule has 2 heterocycles. The van der Waals surface area contributed by atoms with Crippen molar-refractivity contribution < 1.29 is 14.6 Å². The van der Waals surface area contributed by atoms with Crippen molar-refractivity contribution in [3.8, 4) is 0 Å². The fourth-order valence-corrected chi connectivity index (χ4v) is 2.53. The maximum Gasteiger partial charge on any atom is 0.336 e. The molecular weight excluding hydrogens is 256 g/mol. The molecule has 1 N–H and O–H groups in total. The fourth-order valence-electron chi connectivity index (χ4n) is 2.53. The first kappa shape index (κ1) is 12.9. The van der Waals surface area contributed by atoms with Crippen molar-refractivity contribution in [2.45, 2.75) is 12.5 Å². The molecule has 1 aliphatic heterocycles. The Morgan fingerprint density at radius 3 is 2.95 bits per heavy atom. The lowest BCUT2D eigenvalue weighted by molar-refractivity contribution is 0.0699. The van der Waals surface area contributed by atoms with Gasteiger partial charge in [0.25, 0.3) is 0 Å². The van der Waals surface area contributed by atoms with Crippen LogP contribution in [0.4, 0.5) is 5.82 Å². The van der Waals surface area contributed by atoms with Crippen LogP contribution in [0, 0.1) is 0 Å². The van der Waals surface area contributed by atoms with Crippen LogP contribution in [0.5, 0.6) is 0 Å². The van der Waals surface area contributed by atoms with E-state index < -0.39 is 5.97 Å². The Morgan fingerprint density at radius 1 is 1.45 bits per heavy atom. The number of likely N-dealkylation sites (N-methyl/N-ethyl adjacent to an activating group) is 1. The summed E-state index contributed by atoms with van der Waals surface area (Å²) in [6.07, 6.45) is 0.938. The third-order valence-electron chi connectivity index (χ3n) is 3.75. The van der Waals surface area contributed by atoms with Crippen molar-refractivity contribution in [2.75, 3.05) is 25.2 Å². The first-order chi connectivity index (χ1) is 9.66. The second-order valence-corrected chi connectivity index (χ2v) is 4.98. The van der Waals surface area contributed by atoms with Crippen LogP contribution < -0.4 is 4.90 Å². The lowest BCUT2D eigenvalue weighted by Gasteiger charge is -2.25.